The van der Waals surface area contributed by atoms with Crippen molar-refractivity contribution in [3.8, 4) is 0 Å². The van der Waals surface area contributed by atoms with Gasteiger partial charge in [0.25, 0.3) is 5.91 Å². The van der Waals surface area contributed by atoms with Crippen LogP contribution in [0, 0.1) is 0 Å². The Kier molecular flexibility index (Phi) is 3.68. The Balaban J connectivity index is 2.39. The molecular weight excluding hydrogens is 240 g/mol. The number of carbonyl (C=O) groups is 2. The second kappa shape index (κ2) is 4.57. The van der Waals surface area contributed by atoms with Gasteiger partial charge in [-0.05, 0) is 6.42 Å². The molecule has 1 saturated heterocycles. The molecule has 0 saturated carbocycles. The van der Waals surface area contributed by atoms with Crippen LogP contribution in [0.2, 0.25) is 0 Å². The molecule has 0 spiro atoms. The Labute approximate surface area is 84.3 Å². The first-order chi connectivity index (χ1) is 6.15. The molecule has 2 atom stereocenters. The van der Waals surface area contributed by atoms with E-state index in [-0.39, 0.29) is 23.2 Å². The fraction of sp³-hybridized carbons (Fsp3) is 0.714. The molecule has 5 nitrogen and oxygen atoms in total. The fourth-order valence-corrected chi connectivity index (χ4v) is 1.03. The minimum atomic E-state index is -0.556. The van der Waals surface area contributed by atoms with Gasteiger partial charge in [0.1, 0.15) is 12.6 Å². The van der Waals surface area contributed by atoms with Gasteiger partial charge in [-0.25, -0.2) is 5.48 Å². The summed E-state index contributed by atoms with van der Waals surface area (Å²) in [5.74, 6) is -0.489. The number of hydroxylamine groups is 1. The minimum absolute atomic E-state index is 0.187. The quantitative estimate of drug-likeness (QED) is 0.677. The number of amides is 2. The summed E-state index contributed by atoms with van der Waals surface area (Å²) in [4.78, 5) is 26.6. The summed E-state index contributed by atoms with van der Waals surface area (Å²) < 4.78 is 0. The molecule has 1 unspecified atom stereocenters. The molecule has 13 heavy (non-hydrogen) atoms. The Hall–Kier alpha value is -0.620. The lowest BCUT2D eigenvalue weighted by Gasteiger charge is -2.10. The molecule has 74 valence electrons. The van der Waals surface area contributed by atoms with Crippen molar-refractivity contribution in [1.29, 1.82) is 0 Å². The maximum absolute atomic E-state index is 11.3. The molecule has 2 N–H and O–H groups in total. The second-order valence-corrected chi connectivity index (χ2v) is 3.82. The van der Waals surface area contributed by atoms with Crippen molar-refractivity contribution in [3.05, 3.63) is 0 Å². The van der Waals surface area contributed by atoms with Crippen LogP contribution in [0.25, 0.3) is 0 Å². The molecule has 0 aromatic carbocycles. The summed E-state index contributed by atoms with van der Waals surface area (Å²) in [7, 11) is 0. The summed E-state index contributed by atoms with van der Waals surface area (Å²) in [5, 5.41) is 2.56. The first-order valence-corrected chi connectivity index (χ1v) is 4.92. The van der Waals surface area contributed by atoms with Gasteiger partial charge in [-0.2, -0.15) is 0 Å². The molecular formula is C7H11BrN2O3. The van der Waals surface area contributed by atoms with Gasteiger partial charge in [-0.15, -0.1) is 0 Å². The lowest BCUT2D eigenvalue weighted by Crippen LogP contribution is -2.44. The van der Waals surface area contributed by atoms with Gasteiger partial charge in [-0.3, -0.25) is 14.4 Å². The topological polar surface area (TPSA) is 67.4 Å². The van der Waals surface area contributed by atoms with Crippen molar-refractivity contribution in [2.24, 2.45) is 0 Å². The summed E-state index contributed by atoms with van der Waals surface area (Å²) in [6.45, 7) is 2.07. The molecule has 1 heterocycles. The van der Waals surface area contributed by atoms with Crippen molar-refractivity contribution in [2.75, 3.05) is 6.61 Å². The predicted octanol–water partition coefficient (Wildman–Crippen LogP) is -0.294. The third kappa shape index (κ3) is 2.67. The zero-order valence-electron chi connectivity index (χ0n) is 7.17. The van der Waals surface area contributed by atoms with Crippen LogP contribution in [0.5, 0.6) is 0 Å². The van der Waals surface area contributed by atoms with Crippen LogP contribution in [-0.2, 0) is 14.4 Å². The van der Waals surface area contributed by atoms with E-state index in [1.54, 1.807) is 0 Å². The molecule has 0 aromatic rings. The highest BCUT2D eigenvalue weighted by molar-refractivity contribution is 9.10. The highest BCUT2D eigenvalue weighted by Crippen LogP contribution is 2.05. The molecule has 0 aromatic heterocycles. The molecule has 0 aliphatic carbocycles. The van der Waals surface area contributed by atoms with Crippen LogP contribution >= 0.6 is 15.9 Å². The first-order valence-electron chi connectivity index (χ1n) is 4.01. The Morgan fingerprint density at radius 2 is 2.62 bits per heavy atom. The van der Waals surface area contributed by atoms with Crippen molar-refractivity contribution >= 4 is 27.7 Å². The Morgan fingerprint density at radius 3 is 3.08 bits per heavy atom. The van der Waals surface area contributed by atoms with Crippen molar-refractivity contribution < 1.29 is 14.4 Å². The first kappa shape index (κ1) is 10.5. The lowest BCUT2D eigenvalue weighted by molar-refractivity contribution is -0.128. The van der Waals surface area contributed by atoms with Crippen LogP contribution in [0.15, 0.2) is 0 Å². The largest absolute Gasteiger partial charge is 0.341 e. The van der Waals surface area contributed by atoms with Gasteiger partial charge in [-0.1, -0.05) is 22.9 Å². The maximum atomic E-state index is 11.3. The summed E-state index contributed by atoms with van der Waals surface area (Å²) >= 11 is 3.18. The third-order valence-corrected chi connectivity index (χ3v) is 2.76. The highest BCUT2D eigenvalue weighted by Gasteiger charge is 2.28. The van der Waals surface area contributed by atoms with Crippen LogP contribution in [0.4, 0.5) is 0 Å². The van der Waals surface area contributed by atoms with Gasteiger partial charge in [0.05, 0.1) is 4.83 Å². The summed E-state index contributed by atoms with van der Waals surface area (Å²) in [6, 6.07) is -0.556. The Morgan fingerprint density at radius 1 is 1.92 bits per heavy atom. The van der Waals surface area contributed by atoms with Gasteiger partial charge in [0, 0.05) is 0 Å². The Bertz CT molecular complexity index is 222. The van der Waals surface area contributed by atoms with E-state index in [1.807, 2.05) is 6.92 Å². The second-order valence-electron chi connectivity index (χ2n) is 2.71. The van der Waals surface area contributed by atoms with Crippen LogP contribution in [0.1, 0.15) is 13.3 Å². The molecule has 2 amide bonds. The van der Waals surface area contributed by atoms with Crippen LogP contribution in [-0.4, -0.2) is 29.3 Å². The average Bonchev–Trinajstić information content (AvgIpc) is 2.50. The molecule has 1 fully saturated rings. The number of hydrogen-bond acceptors (Lipinski definition) is 3. The van der Waals surface area contributed by atoms with E-state index in [4.69, 9.17) is 0 Å². The molecule has 0 radical (unpaired) electrons. The summed E-state index contributed by atoms with van der Waals surface area (Å²) in [6.07, 6.45) is 0.682. The standard InChI is InChI=1S/C7H11BrN2O3/c1-2-4(8)6(11)9-5-3-13-10-7(5)12/h4-5H,2-3H2,1H3,(H,9,11)(H,10,12)/t4?,5-/m1/s1. The van der Waals surface area contributed by atoms with Gasteiger partial charge in [0.15, 0.2) is 0 Å². The van der Waals surface area contributed by atoms with E-state index in [9.17, 15) is 9.59 Å². The van der Waals surface area contributed by atoms with Gasteiger partial charge in [0.2, 0.25) is 5.91 Å². The minimum Gasteiger partial charge on any atom is -0.341 e. The fourth-order valence-electron chi connectivity index (χ4n) is 0.898. The van der Waals surface area contributed by atoms with Gasteiger partial charge >= 0.3 is 0 Å². The highest BCUT2D eigenvalue weighted by atomic mass is 79.9. The molecule has 6 heteroatoms. The zero-order valence-corrected chi connectivity index (χ0v) is 8.76. The van der Waals surface area contributed by atoms with E-state index in [1.165, 1.54) is 0 Å². The van der Waals surface area contributed by atoms with E-state index < -0.39 is 6.04 Å². The normalized spacial score (nSPS) is 23.8. The number of carbonyl (C=O) groups excluding carboxylic acids is 2. The molecule has 1 aliphatic rings. The van der Waals surface area contributed by atoms with Crippen molar-refractivity contribution in [3.63, 3.8) is 0 Å². The van der Waals surface area contributed by atoms with Crippen molar-refractivity contribution in [2.45, 2.75) is 24.2 Å². The van der Waals surface area contributed by atoms with E-state index in [2.05, 4.69) is 31.6 Å². The molecule has 1 aliphatic heterocycles. The number of alkyl halides is 1. The monoisotopic (exact) mass is 250 g/mol. The van der Waals surface area contributed by atoms with Crippen LogP contribution < -0.4 is 10.8 Å². The van der Waals surface area contributed by atoms with E-state index in [0.717, 1.165) is 0 Å². The number of rotatable bonds is 3. The maximum Gasteiger partial charge on any atom is 0.268 e. The van der Waals surface area contributed by atoms with E-state index in [0.29, 0.717) is 6.42 Å². The number of hydrogen-bond donors (Lipinski definition) is 2. The summed E-state index contributed by atoms with van der Waals surface area (Å²) in [5.41, 5.74) is 2.16. The van der Waals surface area contributed by atoms with Gasteiger partial charge < -0.3 is 5.32 Å². The number of halogens is 1. The third-order valence-electron chi connectivity index (χ3n) is 1.70. The van der Waals surface area contributed by atoms with Crippen LogP contribution in [0.3, 0.4) is 0 Å². The smallest absolute Gasteiger partial charge is 0.268 e. The number of nitrogens with one attached hydrogen (secondary N) is 2. The van der Waals surface area contributed by atoms with Crippen molar-refractivity contribution in [1.82, 2.24) is 10.8 Å². The molecule has 0 bridgehead atoms. The molecule has 1 rings (SSSR count). The zero-order chi connectivity index (χ0) is 9.84. The van der Waals surface area contributed by atoms with E-state index >= 15 is 0 Å². The average molecular weight is 251 g/mol. The lowest BCUT2D eigenvalue weighted by atomic mass is 10.2. The SMILES string of the molecule is CCC(Br)C(=O)N[C@@H]1CONC1=O. The predicted molar refractivity (Wildman–Crippen MR) is 49.0 cm³/mol.